The van der Waals surface area contributed by atoms with Crippen molar-refractivity contribution in [1.29, 1.82) is 0 Å². The number of methoxy groups -OCH3 is 1. The second-order valence-electron chi connectivity index (χ2n) is 7.24. The smallest absolute Gasteiger partial charge is 0.261 e. The van der Waals surface area contributed by atoms with E-state index in [0.29, 0.717) is 29.0 Å². The predicted molar refractivity (Wildman–Crippen MR) is 113 cm³/mol. The van der Waals surface area contributed by atoms with E-state index in [0.717, 1.165) is 5.69 Å². The van der Waals surface area contributed by atoms with Gasteiger partial charge in [-0.05, 0) is 43.3 Å². The Morgan fingerprint density at radius 2 is 1.90 bits per heavy atom. The van der Waals surface area contributed by atoms with Gasteiger partial charge in [-0.25, -0.2) is 4.98 Å². The number of amides is 2. The van der Waals surface area contributed by atoms with Gasteiger partial charge in [-0.1, -0.05) is 12.1 Å². The van der Waals surface area contributed by atoms with Gasteiger partial charge in [-0.3, -0.25) is 19.0 Å². The number of anilines is 1. The number of fused-ring (bicyclic) bond motifs is 1. The number of ether oxygens (including phenoxy) is 1. The maximum absolute atomic E-state index is 12.7. The molecule has 1 aliphatic rings. The van der Waals surface area contributed by atoms with Gasteiger partial charge in [0.25, 0.3) is 5.56 Å². The van der Waals surface area contributed by atoms with E-state index in [1.807, 2.05) is 18.2 Å². The minimum atomic E-state index is -0.327. The summed E-state index contributed by atoms with van der Waals surface area (Å²) in [4.78, 5) is 43.8. The van der Waals surface area contributed by atoms with Crippen LogP contribution in [0, 0.1) is 6.92 Å². The molecule has 1 unspecified atom stereocenters. The number of carbonyl (C=O) groups excluding carboxylic acids is 2. The average Bonchev–Trinajstić information content (AvgIpc) is 3.11. The lowest BCUT2D eigenvalue weighted by Crippen LogP contribution is -2.41. The Labute approximate surface area is 173 Å². The van der Waals surface area contributed by atoms with Gasteiger partial charge in [0.2, 0.25) is 11.8 Å². The van der Waals surface area contributed by atoms with Crippen LogP contribution in [0.3, 0.4) is 0 Å². The van der Waals surface area contributed by atoms with Gasteiger partial charge in [0, 0.05) is 18.7 Å². The first kappa shape index (κ1) is 19.6. The summed E-state index contributed by atoms with van der Waals surface area (Å²) in [5.41, 5.74) is 1.10. The Balaban J connectivity index is 1.45. The largest absolute Gasteiger partial charge is 0.497 e. The van der Waals surface area contributed by atoms with Crippen LogP contribution in [0.25, 0.3) is 10.9 Å². The van der Waals surface area contributed by atoms with Gasteiger partial charge in [0.15, 0.2) is 0 Å². The van der Waals surface area contributed by atoms with Crippen LogP contribution in [0.5, 0.6) is 5.75 Å². The molecular weight excluding hydrogens is 384 g/mol. The fourth-order valence-electron chi connectivity index (χ4n) is 3.70. The topological polar surface area (TPSA) is 93.5 Å². The molecule has 154 valence electrons. The van der Waals surface area contributed by atoms with E-state index in [2.05, 4.69) is 10.3 Å². The standard InChI is InChI=1S/C22H22N4O4/c1-14-23-19-6-4-3-5-18(19)22(29)25(14)13-20(27)24-15-11-21(28)26(12-15)16-7-9-17(30-2)10-8-16/h3-10,15H,11-13H2,1-2H3,(H,24,27). The number of aromatic nitrogens is 2. The van der Waals surface area contributed by atoms with E-state index in [4.69, 9.17) is 4.74 Å². The van der Waals surface area contributed by atoms with Crippen molar-refractivity contribution < 1.29 is 14.3 Å². The highest BCUT2D eigenvalue weighted by atomic mass is 16.5. The van der Waals surface area contributed by atoms with E-state index < -0.39 is 0 Å². The molecule has 2 amide bonds. The van der Waals surface area contributed by atoms with E-state index >= 15 is 0 Å². The molecule has 0 aliphatic carbocycles. The van der Waals surface area contributed by atoms with Crippen LogP contribution in [0.15, 0.2) is 53.3 Å². The lowest BCUT2D eigenvalue weighted by Gasteiger charge is -2.18. The molecule has 0 radical (unpaired) electrons. The number of para-hydroxylation sites is 1. The van der Waals surface area contributed by atoms with Crippen molar-refractivity contribution >= 4 is 28.4 Å². The molecule has 2 aromatic carbocycles. The van der Waals surface area contributed by atoms with Crippen molar-refractivity contribution in [2.24, 2.45) is 0 Å². The molecular formula is C22H22N4O4. The number of hydrogen-bond donors (Lipinski definition) is 1. The summed E-state index contributed by atoms with van der Waals surface area (Å²) in [5.74, 6) is 0.786. The van der Waals surface area contributed by atoms with E-state index in [1.165, 1.54) is 4.57 Å². The monoisotopic (exact) mass is 406 g/mol. The lowest BCUT2D eigenvalue weighted by atomic mass is 10.2. The Hall–Kier alpha value is -3.68. The molecule has 8 nitrogen and oxygen atoms in total. The molecule has 3 aromatic rings. The summed E-state index contributed by atoms with van der Waals surface area (Å²) in [6.07, 6.45) is 0.210. The second kappa shape index (κ2) is 7.98. The molecule has 1 aromatic heterocycles. The zero-order valence-corrected chi connectivity index (χ0v) is 16.8. The molecule has 1 atom stereocenters. The molecule has 1 fully saturated rings. The highest BCUT2D eigenvalue weighted by Crippen LogP contribution is 2.24. The molecule has 1 saturated heterocycles. The Morgan fingerprint density at radius 3 is 2.63 bits per heavy atom. The second-order valence-corrected chi connectivity index (χ2v) is 7.24. The minimum Gasteiger partial charge on any atom is -0.497 e. The van der Waals surface area contributed by atoms with Crippen LogP contribution in [0.2, 0.25) is 0 Å². The molecule has 30 heavy (non-hydrogen) atoms. The van der Waals surface area contributed by atoms with Gasteiger partial charge in [-0.15, -0.1) is 0 Å². The fraction of sp³-hybridized carbons (Fsp3) is 0.273. The summed E-state index contributed by atoms with van der Waals surface area (Å²) >= 11 is 0. The van der Waals surface area contributed by atoms with Crippen molar-refractivity contribution in [2.75, 3.05) is 18.6 Å². The van der Waals surface area contributed by atoms with E-state index in [9.17, 15) is 14.4 Å². The van der Waals surface area contributed by atoms with Gasteiger partial charge >= 0.3 is 0 Å². The van der Waals surface area contributed by atoms with Crippen LogP contribution >= 0.6 is 0 Å². The number of carbonyl (C=O) groups is 2. The van der Waals surface area contributed by atoms with Crippen molar-refractivity contribution in [2.45, 2.75) is 25.9 Å². The van der Waals surface area contributed by atoms with Gasteiger partial charge < -0.3 is 15.0 Å². The van der Waals surface area contributed by atoms with Crippen molar-refractivity contribution in [3.63, 3.8) is 0 Å². The maximum atomic E-state index is 12.7. The third kappa shape index (κ3) is 3.76. The maximum Gasteiger partial charge on any atom is 0.261 e. The van der Waals surface area contributed by atoms with Crippen LogP contribution in [-0.4, -0.2) is 41.1 Å². The first-order valence-electron chi connectivity index (χ1n) is 9.66. The lowest BCUT2D eigenvalue weighted by molar-refractivity contribution is -0.122. The molecule has 1 aliphatic heterocycles. The van der Waals surface area contributed by atoms with Crippen LogP contribution in [-0.2, 0) is 16.1 Å². The predicted octanol–water partition coefficient (Wildman–Crippen LogP) is 1.64. The average molecular weight is 406 g/mol. The molecule has 0 spiro atoms. The van der Waals surface area contributed by atoms with Crippen LogP contribution < -0.4 is 20.5 Å². The van der Waals surface area contributed by atoms with E-state index in [-0.39, 0.29) is 36.4 Å². The number of nitrogens with zero attached hydrogens (tertiary/aromatic N) is 3. The number of nitrogens with one attached hydrogen (secondary N) is 1. The Bertz CT molecular complexity index is 1170. The summed E-state index contributed by atoms with van der Waals surface area (Å²) in [5, 5.41) is 3.34. The van der Waals surface area contributed by atoms with Gasteiger partial charge in [-0.2, -0.15) is 0 Å². The third-order valence-electron chi connectivity index (χ3n) is 5.23. The number of aryl methyl sites for hydroxylation is 1. The molecule has 8 heteroatoms. The normalized spacial score (nSPS) is 16.1. The van der Waals surface area contributed by atoms with Crippen molar-refractivity contribution in [3.05, 3.63) is 64.7 Å². The number of hydrogen-bond acceptors (Lipinski definition) is 5. The minimum absolute atomic E-state index is 0.0637. The molecule has 0 saturated carbocycles. The number of rotatable bonds is 5. The zero-order valence-electron chi connectivity index (χ0n) is 16.8. The fourth-order valence-corrected chi connectivity index (χ4v) is 3.70. The number of benzene rings is 2. The zero-order chi connectivity index (χ0) is 21.3. The molecule has 1 N–H and O–H groups in total. The van der Waals surface area contributed by atoms with Crippen molar-refractivity contribution in [3.8, 4) is 5.75 Å². The SMILES string of the molecule is COc1ccc(N2CC(NC(=O)Cn3c(C)nc4ccccc4c3=O)CC2=O)cc1. The first-order valence-corrected chi connectivity index (χ1v) is 9.66. The first-order chi connectivity index (χ1) is 14.5. The Kier molecular flexibility index (Phi) is 5.22. The van der Waals surface area contributed by atoms with E-state index in [1.54, 1.807) is 49.3 Å². The quantitative estimate of drug-likeness (QED) is 0.695. The molecule has 2 heterocycles. The van der Waals surface area contributed by atoms with Gasteiger partial charge in [0.05, 0.1) is 24.1 Å². The van der Waals surface area contributed by atoms with Crippen molar-refractivity contribution in [1.82, 2.24) is 14.9 Å². The highest BCUT2D eigenvalue weighted by Gasteiger charge is 2.31. The summed E-state index contributed by atoms with van der Waals surface area (Å²) in [6.45, 7) is 1.93. The summed E-state index contributed by atoms with van der Waals surface area (Å²) < 4.78 is 6.50. The Morgan fingerprint density at radius 1 is 1.17 bits per heavy atom. The molecule has 0 bridgehead atoms. The third-order valence-corrected chi connectivity index (χ3v) is 5.23. The van der Waals surface area contributed by atoms with Crippen LogP contribution in [0.4, 0.5) is 5.69 Å². The summed E-state index contributed by atoms with van der Waals surface area (Å²) in [6, 6.07) is 13.9. The van der Waals surface area contributed by atoms with Gasteiger partial charge in [0.1, 0.15) is 18.1 Å². The molecule has 4 rings (SSSR count). The van der Waals surface area contributed by atoms with Crippen LogP contribution in [0.1, 0.15) is 12.2 Å². The highest BCUT2D eigenvalue weighted by molar-refractivity contribution is 5.97. The summed E-state index contributed by atoms with van der Waals surface area (Å²) in [7, 11) is 1.58.